The maximum absolute atomic E-state index is 16.0. The Kier molecular flexibility index (Phi) is 15.1. The fraction of sp³-hybridized carbons (Fsp3) is 0.417. The molecule has 420 valence electrons. The van der Waals surface area contributed by atoms with Crippen molar-refractivity contribution in [2.24, 2.45) is 5.92 Å². The number of fused-ring (bicyclic) bond motifs is 3. The van der Waals surface area contributed by atoms with E-state index in [-0.39, 0.29) is 60.7 Å². The molecule has 7 heterocycles. The van der Waals surface area contributed by atoms with Crippen molar-refractivity contribution in [2.45, 2.75) is 115 Å². The Labute approximate surface area is 473 Å². The molecule has 7 aromatic rings. The van der Waals surface area contributed by atoms with E-state index in [1.165, 1.54) is 18.5 Å². The van der Waals surface area contributed by atoms with E-state index in [2.05, 4.69) is 42.1 Å². The molecule has 4 aliphatic heterocycles. The summed E-state index contributed by atoms with van der Waals surface area (Å²) in [5.41, 5.74) is 14.2. The van der Waals surface area contributed by atoms with Gasteiger partial charge in [-0.15, -0.1) is 10.2 Å². The number of piperazine rings is 1. The molecule has 0 unspecified atom stereocenters. The third kappa shape index (κ3) is 10.7. The number of aliphatic hydroxyl groups is 1. The predicted octanol–water partition coefficient (Wildman–Crippen LogP) is 8.30. The van der Waals surface area contributed by atoms with E-state index >= 15 is 4.39 Å². The van der Waals surface area contributed by atoms with Crippen LogP contribution in [0.2, 0.25) is 5.02 Å². The van der Waals surface area contributed by atoms with Gasteiger partial charge in [-0.2, -0.15) is 15.1 Å². The summed E-state index contributed by atoms with van der Waals surface area (Å²) >= 11 is 6.34. The quantitative estimate of drug-likeness (QED) is 0.0401. The van der Waals surface area contributed by atoms with Gasteiger partial charge in [0.05, 0.1) is 43.3 Å². The largest absolute Gasteiger partial charge is 0.486 e. The molecular weight excluding hydrogens is 1050 g/mol. The second kappa shape index (κ2) is 22.7. The topological polar surface area (TPSA) is 245 Å². The SMILES string of the molecule is Cc1c(F)cc(N)c(C=N)c1-c1c(C2CC2)cc2c(N3C[C@@H]4C[C@H]3CN4)nc(OC3CCOCC3)nc2c1OCc1ccc(-c2cn([C@H](C(=O)N3CCC[C@H]3C(=O)N[C@@H](CO)c3ccc(-c4nnccc4Cl)cc3)C(C)C)nn2)cc1. The molecule has 1 saturated carbocycles. The number of rotatable bonds is 18. The van der Waals surface area contributed by atoms with E-state index in [0.29, 0.717) is 107 Å². The van der Waals surface area contributed by atoms with Crippen LogP contribution in [-0.2, 0) is 20.9 Å². The number of amides is 2. The first-order chi connectivity index (χ1) is 39.3. The van der Waals surface area contributed by atoms with E-state index in [0.717, 1.165) is 65.8 Å². The number of nitrogens with two attached hydrogens (primary N) is 1. The normalized spacial score (nSPS) is 19.8. The average molecular weight is 1120 g/mol. The molecule has 3 aromatic heterocycles. The second-order valence-electron chi connectivity index (χ2n) is 22.3. The highest BCUT2D eigenvalue weighted by Crippen LogP contribution is 2.53. The van der Waals surface area contributed by atoms with Gasteiger partial charge in [-0.3, -0.25) is 9.59 Å². The predicted molar refractivity (Wildman–Crippen MR) is 305 cm³/mol. The summed E-state index contributed by atoms with van der Waals surface area (Å²) in [5.74, 6) is 0.0770. The van der Waals surface area contributed by atoms with Crippen LogP contribution < -0.4 is 30.7 Å². The van der Waals surface area contributed by atoms with Crippen LogP contribution in [0.4, 0.5) is 15.9 Å². The molecule has 2 amide bonds. The number of ether oxygens (including phenoxy) is 3. The van der Waals surface area contributed by atoms with Crippen LogP contribution in [-0.4, -0.2) is 127 Å². The summed E-state index contributed by atoms with van der Waals surface area (Å²) < 4.78 is 37.0. The fourth-order valence-corrected chi connectivity index (χ4v) is 12.4. The van der Waals surface area contributed by atoms with Crippen LogP contribution in [0.15, 0.2) is 79.1 Å². The van der Waals surface area contributed by atoms with Crippen molar-refractivity contribution in [1.82, 2.24) is 50.7 Å². The Bertz CT molecular complexity index is 3520. The number of nitrogens with one attached hydrogen (secondary N) is 3. The van der Waals surface area contributed by atoms with E-state index in [4.69, 9.17) is 46.9 Å². The zero-order valence-corrected chi connectivity index (χ0v) is 46.2. The van der Waals surface area contributed by atoms with Crippen LogP contribution in [0.25, 0.3) is 44.5 Å². The Morgan fingerprint density at radius 1 is 1.01 bits per heavy atom. The van der Waals surface area contributed by atoms with Gasteiger partial charge in [0.1, 0.15) is 53.3 Å². The summed E-state index contributed by atoms with van der Waals surface area (Å²) in [6.45, 7) is 8.51. The molecule has 2 bridgehead atoms. The van der Waals surface area contributed by atoms with Crippen molar-refractivity contribution in [2.75, 3.05) is 50.1 Å². The third-order valence-corrected chi connectivity index (χ3v) is 16.9. The molecule has 0 spiro atoms. The number of carbonyl (C=O) groups is 2. The van der Waals surface area contributed by atoms with Gasteiger partial charge in [0, 0.05) is 89.7 Å². The van der Waals surface area contributed by atoms with E-state index in [9.17, 15) is 14.7 Å². The molecule has 4 aromatic carbocycles. The number of anilines is 2. The summed E-state index contributed by atoms with van der Waals surface area (Å²) in [6.07, 6.45) is 9.69. The maximum atomic E-state index is 16.0. The highest BCUT2D eigenvalue weighted by Gasteiger charge is 2.42. The molecule has 19 nitrogen and oxygen atoms in total. The van der Waals surface area contributed by atoms with Crippen molar-refractivity contribution in [1.29, 1.82) is 5.41 Å². The lowest BCUT2D eigenvalue weighted by Gasteiger charge is -2.31. The van der Waals surface area contributed by atoms with Gasteiger partial charge in [-0.1, -0.05) is 79.2 Å². The summed E-state index contributed by atoms with van der Waals surface area (Å²) in [4.78, 5) is 42.9. The molecule has 81 heavy (non-hydrogen) atoms. The van der Waals surface area contributed by atoms with E-state index < -0.39 is 23.9 Å². The second-order valence-corrected chi connectivity index (χ2v) is 22.7. The lowest BCUT2D eigenvalue weighted by atomic mass is 9.87. The fourth-order valence-electron chi connectivity index (χ4n) is 12.2. The molecule has 0 radical (unpaired) electrons. The molecule has 5 fully saturated rings. The molecule has 12 rings (SSSR count). The van der Waals surface area contributed by atoms with Crippen LogP contribution in [0, 0.1) is 24.1 Å². The van der Waals surface area contributed by atoms with Crippen LogP contribution in [0.1, 0.15) is 105 Å². The van der Waals surface area contributed by atoms with E-state index in [1.54, 1.807) is 40.9 Å². The maximum Gasteiger partial charge on any atom is 0.319 e. The number of nitrogen functional groups attached to an aromatic ring is 1. The highest BCUT2D eigenvalue weighted by atomic mass is 35.5. The number of halogens is 2. The number of aliphatic hydroxyl groups excluding tert-OH is 1. The van der Waals surface area contributed by atoms with Crippen LogP contribution in [0.3, 0.4) is 0 Å². The van der Waals surface area contributed by atoms with Crippen molar-refractivity contribution in [3.05, 3.63) is 118 Å². The number of carbonyl (C=O) groups excluding carboxylic acids is 2. The van der Waals surface area contributed by atoms with E-state index in [1.807, 2.05) is 50.2 Å². The number of hydrogen-bond donors (Lipinski definition) is 5. The lowest BCUT2D eigenvalue weighted by molar-refractivity contribution is -0.142. The van der Waals surface area contributed by atoms with Crippen molar-refractivity contribution in [3.8, 4) is 45.4 Å². The van der Waals surface area contributed by atoms with Gasteiger partial charge in [-0.25, -0.2) is 9.07 Å². The third-order valence-electron chi connectivity index (χ3n) is 16.6. The monoisotopic (exact) mass is 1120 g/mol. The zero-order chi connectivity index (χ0) is 56.1. The summed E-state index contributed by atoms with van der Waals surface area (Å²) in [5, 5.41) is 44.0. The Balaban J connectivity index is 0.818. The molecule has 5 aliphatic rings. The number of nitrogens with zero attached hydrogens (tertiary/aromatic N) is 9. The molecule has 6 N–H and O–H groups in total. The molecule has 1 aliphatic carbocycles. The number of aromatic nitrogens is 7. The number of benzene rings is 4. The Morgan fingerprint density at radius 2 is 1.79 bits per heavy atom. The molecule has 5 atom stereocenters. The zero-order valence-electron chi connectivity index (χ0n) is 45.4. The minimum absolute atomic E-state index is 0.0971. The average Bonchev–Trinajstić information content (AvgIpc) is 3.67. The first-order valence-electron chi connectivity index (χ1n) is 28.0. The van der Waals surface area contributed by atoms with Gasteiger partial charge in [0.2, 0.25) is 11.8 Å². The minimum Gasteiger partial charge on any atom is -0.486 e. The highest BCUT2D eigenvalue weighted by molar-refractivity contribution is 6.33. The number of hydrogen-bond acceptors (Lipinski definition) is 16. The smallest absolute Gasteiger partial charge is 0.319 e. The Morgan fingerprint density at radius 3 is 2.48 bits per heavy atom. The molecule has 4 saturated heterocycles. The van der Waals surface area contributed by atoms with Crippen LogP contribution >= 0.6 is 11.6 Å². The van der Waals surface area contributed by atoms with Crippen LogP contribution in [0.5, 0.6) is 11.8 Å². The molecule has 21 heteroatoms. The van der Waals surface area contributed by atoms with Gasteiger partial charge in [-0.05, 0) is 91.3 Å². The van der Waals surface area contributed by atoms with Gasteiger partial charge >= 0.3 is 6.01 Å². The first-order valence-corrected chi connectivity index (χ1v) is 28.4. The first kappa shape index (κ1) is 54.0. The standard InChI is InChI=1S/C60H65ClFN13O6/c1-32(2)55(59(78)73-20-4-5-50(73)58(77)67-49(30-76)37-12-14-38(15-13-37)53-45(61)16-19-66-71-53)75-29-48(70-72-75)36-8-6-34(7-9-36)31-80-56-52(51-33(3)46(62)25-47(64)44(51)26-63)42(35-10-11-35)24-43-54(56)68-60(81-41-17-21-79-22-18-41)69-57(43)74-28-39-23-40(74)27-65-39/h6-9,12-16,19,24-26,29,32,35,39-41,49-50,55,63,65,76H,4-5,10-11,17-18,20-23,27-28,30-31,64H2,1-3H3,(H,67,77)/t39-,40-,49-,50-,55-/m0/s1. The summed E-state index contributed by atoms with van der Waals surface area (Å²) in [7, 11) is 0. The number of likely N-dealkylation sites (tertiary alicyclic amines) is 1. The van der Waals surface area contributed by atoms with Crippen molar-refractivity contribution < 1.29 is 33.3 Å². The van der Waals surface area contributed by atoms with Gasteiger partial charge in [0.15, 0.2) is 5.75 Å². The van der Waals surface area contributed by atoms with Crippen molar-refractivity contribution >= 4 is 52.0 Å². The summed E-state index contributed by atoms with van der Waals surface area (Å²) in [6, 6.07) is 18.7. The molecular formula is C60H65ClFN13O6. The van der Waals surface area contributed by atoms with Gasteiger partial charge < -0.3 is 50.9 Å². The van der Waals surface area contributed by atoms with Gasteiger partial charge in [0.25, 0.3) is 0 Å². The van der Waals surface area contributed by atoms with Crippen molar-refractivity contribution in [3.63, 3.8) is 0 Å². The lowest BCUT2D eigenvalue weighted by Crippen LogP contribution is -2.50. The Hall–Kier alpha value is -7.65. The minimum atomic E-state index is -0.758.